The molecule has 3 rings (SSSR count). The van der Waals surface area contributed by atoms with Crippen LogP contribution in [0.2, 0.25) is 0 Å². The molecule has 3 saturated carbocycles. The third kappa shape index (κ3) is 4.96. The first-order valence-corrected chi connectivity index (χ1v) is 10.0. The number of fused-ring (bicyclic) bond motifs is 1. The Balaban J connectivity index is 1.23. The van der Waals surface area contributed by atoms with Crippen LogP contribution >= 0.6 is 0 Å². The van der Waals surface area contributed by atoms with Gasteiger partial charge in [0, 0.05) is 6.61 Å². The lowest BCUT2D eigenvalue weighted by atomic mass is 9.70. The predicted molar refractivity (Wildman–Crippen MR) is 91.0 cm³/mol. The van der Waals surface area contributed by atoms with Gasteiger partial charge in [-0.3, -0.25) is 0 Å². The Morgan fingerprint density at radius 2 is 1.55 bits per heavy atom. The van der Waals surface area contributed by atoms with E-state index in [-0.39, 0.29) is 0 Å². The zero-order chi connectivity index (χ0) is 15.2. The molecule has 0 heterocycles. The minimum Gasteiger partial charge on any atom is -0.379 e. The molecule has 128 valence electrons. The van der Waals surface area contributed by atoms with Crippen LogP contribution in [0.15, 0.2) is 0 Å². The van der Waals surface area contributed by atoms with Crippen molar-refractivity contribution in [2.24, 2.45) is 23.7 Å². The van der Waals surface area contributed by atoms with E-state index in [1.54, 1.807) is 0 Å². The van der Waals surface area contributed by atoms with Crippen molar-refractivity contribution < 1.29 is 9.47 Å². The van der Waals surface area contributed by atoms with Gasteiger partial charge >= 0.3 is 0 Å². The molecular formula is C20H36O2. The molecule has 0 spiro atoms. The molecule has 0 bridgehead atoms. The molecule has 0 amide bonds. The van der Waals surface area contributed by atoms with Crippen LogP contribution in [0.25, 0.3) is 0 Å². The largest absolute Gasteiger partial charge is 0.379 e. The van der Waals surface area contributed by atoms with Crippen LogP contribution in [-0.2, 0) is 9.47 Å². The van der Waals surface area contributed by atoms with E-state index in [2.05, 4.69) is 6.92 Å². The molecule has 22 heavy (non-hydrogen) atoms. The van der Waals surface area contributed by atoms with Gasteiger partial charge in [0.25, 0.3) is 0 Å². The summed E-state index contributed by atoms with van der Waals surface area (Å²) in [7, 11) is 0. The highest BCUT2D eigenvalue weighted by Crippen LogP contribution is 2.41. The van der Waals surface area contributed by atoms with Gasteiger partial charge in [0.05, 0.1) is 19.3 Å². The Hall–Kier alpha value is -0.0800. The zero-order valence-electron chi connectivity index (χ0n) is 14.6. The van der Waals surface area contributed by atoms with Crippen molar-refractivity contribution >= 4 is 0 Å². The molecule has 2 nitrogen and oxygen atoms in total. The molecule has 0 N–H and O–H groups in total. The van der Waals surface area contributed by atoms with Crippen LogP contribution in [0.4, 0.5) is 0 Å². The summed E-state index contributed by atoms with van der Waals surface area (Å²) in [6.07, 6.45) is 16.0. The fourth-order valence-electron chi connectivity index (χ4n) is 5.00. The highest BCUT2D eigenvalue weighted by Gasteiger charge is 2.32. The van der Waals surface area contributed by atoms with Crippen LogP contribution in [0.5, 0.6) is 0 Å². The summed E-state index contributed by atoms with van der Waals surface area (Å²) in [5.41, 5.74) is 0. The van der Waals surface area contributed by atoms with Gasteiger partial charge in [0.15, 0.2) is 0 Å². The Morgan fingerprint density at radius 1 is 0.773 bits per heavy atom. The van der Waals surface area contributed by atoms with Crippen molar-refractivity contribution in [1.82, 2.24) is 0 Å². The van der Waals surface area contributed by atoms with Crippen molar-refractivity contribution in [1.29, 1.82) is 0 Å². The summed E-state index contributed by atoms with van der Waals surface area (Å²) < 4.78 is 12.0. The Morgan fingerprint density at radius 3 is 2.36 bits per heavy atom. The van der Waals surface area contributed by atoms with Crippen LogP contribution in [0, 0.1) is 23.7 Å². The fraction of sp³-hybridized carbons (Fsp3) is 1.00. The van der Waals surface area contributed by atoms with Crippen LogP contribution in [-0.4, -0.2) is 25.9 Å². The molecular weight excluding hydrogens is 272 g/mol. The normalized spacial score (nSPS) is 39.4. The summed E-state index contributed by atoms with van der Waals surface area (Å²) in [5, 5.41) is 0. The summed E-state index contributed by atoms with van der Waals surface area (Å²) >= 11 is 0. The van der Waals surface area contributed by atoms with Crippen molar-refractivity contribution in [3.8, 4) is 0 Å². The molecule has 3 unspecified atom stereocenters. The molecule has 2 heteroatoms. The molecule has 3 atom stereocenters. The smallest absolute Gasteiger partial charge is 0.0704 e. The Bertz CT molecular complexity index is 309. The lowest BCUT2D eigenvalue weighted by molar-refractivity contribution is -0.0416. The van der Waals surface area contributed by atoms with E-state index < -0.39 is 0 Å². The van der Waals surface area contributed by atoms with Crippen LogP contribution in [0.1, 0.15) is 77.6 Å². The van der Waals surface area contributed by atoms with Gasteiger partial charge < -0.3 is 9.47 Å². The molecule has 3 aliphatic rings. The summed E-state index contributed by atoms with van der Waals surface area (Å²) in [4.78, 5) is 0. The second-order valence-electron chi connectivity index (χ2n) is 8.31. The first-order valence-electron chi connectivity index (χ1n) is 10.0. The molecule has 0 aliphatic heterocycles. The van der Waals surface area contributed by atoms with Gasteiger partial charge in [0.1, 0.15) is 0 Å². The first-order chi connectivity index (χ1) is 10.8. The van der Waals surface area contributed by atoms with Crippen LogP contribution < -0.4 is 0 Å². The Kier molecular flexibility index (Phi) is 6.62. The number of hydrogen-bond acceptors (Lipinski definition) is 2. The van der Waals surface area contributed by atoms with Crippen molar-refractivity contribution in [3.05, 3.63) is 0 Å². The third-order valence-corrected chi connectivity index (χ3v) is 6.56. The van der Waals surface area contributed by atoms with E-state index in [1.807, 2.05) is 0 Å². The lowest BCUT2D eigenvalue weighted by Gasteiger charge is -2.39. The number of ether oxygens (including phenoxy) is 2. The van der Waals surface area contributed by atoms with Gasteiger partial charge in [-0.2, -0.15) is 0 Å². The van der Waals surface area contributed by atoms with Gasteiger partial charge in [-0.25, -0.2) is 0 Å². The second-order valence-corrected chi connectivity index (χ2v) is 8.31. The number of rotatable bonds is 6. The molecule has 3 fully saturated rings. The predicted octanol–water partition coefficient (Wildman–Crippen LogP) is 5.20. The molecule has 0 aromatic heterocycles. The molecule has 0 aromatic rings. The third-order valence-electron chi connectivity index (χ3n) is 6.56. The molecule has 3 aliphatic carbocycles. The lowest BCUT2D eigenvalue weighted by Crippen LogP contribution is -2.32. The molecule has 0 aromatic carbocycles. The molecule has 0 radical (unpaired) electrons. The SMILES string of the molecule is CC1CCC(COCCOC2CCC3CCCCC3C2)CC1. The monoisotopic (exact) mass is 308 g/mol. The van der Waals surface area contributed by atoms with E-state index in [0.29, 0.717) is 6.10 Å². The highest BCUT2D eigenvalue weighted by atomic mass is 16.5. The maximum Gasteiger partial charge on any atom is 0.0704 e. The minimum absolute atomic E-state index is 0.526. The summed E-state index contributed by atoms with van der Waals surface area (Å²) in [6.45, 7) is 4.96. The standard InChI is InChI=1S/C20H36O2/c1-16-6-8-17(9-7-16)15-21-12-13-22-20-11-10-18-4-2-3-5-19(18)14-20/h16-20H,2-15H2,1H3. The average Bonchev–Trinajstić information content (AvgIpc) is 2.56. The fourth-order valence-corrected chi connectivity index (χ4v) is 5.00. The molecule has 0 saturated heterocycles. The van der Waals surface area contributed by atoms with Crippen LogP contribution in [0.3, 0.4) is 0 Å². The van der Waals surface area contributed by atoms with Gasteiger partial charge in [-0.15, -0.1) is 0 Å². The summed E-state index contributed by atoms with van der Waals surface area (Å²) in [5.74, 6) is 3.75. The van der Waals surface area contributed by atoms with E-state index in [4.69, 9.17) is 9.47 Å². The second kappa shape index (κ2) is 8.68. The quantitative estimate of drug-likeness (QED) is 0.627. The first kappa shape index (κ1) is 16.8. The van der Waals surface area contributed by atoms with Gasteiger partial charge in [-0.1, -0.05) is 45.4 Å². The number of hydrogen-bond donors (Lipinski definition) is 0. The maximum absolute atomic E-state index is 6.11. The van der Waals surface area contributed by atoms with E-state index in [9.17, 15) is 0 Å². The van der Waals surface area contributed by atoms with E-state index in [1.165, 1.54) is 70.6 Å². The van der Waals surface area contributed by atoms with E-state index in [0.717, 1.165) is 43.5 Å². The van der Waals surface area contributed by atoms with Gasteiger partial charge in [-0.05, 0) is 55.8 Å². The van der Waals surface area contributed by atoms with Gasteiger partial charge in [0.2, 0.25) is 0 Å². The van der Waals surface area contributed by atoms with E-state index >= 15 is 0 Å². The van der Waals surface area contributed by atoms with Crippen molar-refractivity contribution in [2.75, 3.05) is 19.8 Å². The Labute approximate surface area is 137 Å². The topological polar surface area (TPSA) is 18.5 Å². The van der Waals surface area contributed by atoms with Crippen molar-refractivity contribution in [2.45, 2.75) is 83.7 Å². The van der Waals surface area contributed by atoms with Crippen molar-refractivity contribution in [3.63, 3.8) is 0 Å². The maximum atomic E-state index is 6.11. The zero-order valence-corrected chi connectivity index (χ0v) is 14.6. The minimum atomic E-state index is 0.526. The highest BCUT2D eigenvalue weighted by molar-refractivity contribution is 4.83. The summed E-state index contributed by atoms with van der Waals surface area (Å²) in [6, 6.07) is 0. The average molecular weight is 309 g/mol.